The van der Waals surface area contributed by atoms with Crippen LogP contribution in [-0.2, 0) is 9.47 Å². The van der Waals surface area contributed by atoms with Crippen LogP contribution in [0.15, 0.2) is 0 Å². The first-order valence-electron chi connectivity index (χ1n) is 4.87. The van der Waals surface area contributed by atoms with E-state index in [1.165, 1.54) is 19.3 Å². The van der Waals surface area contributed by atoms with Crippen molar-refractivity contribution in [2.24, 2.45) is 5.73 Å². The van der Waals surface area contributed by atoms with E-state index in [9.17, 15) is 0 Å². The summed E-state index contributed by atoms with van der Waals surface area (Å²) in [4.78, 5) is 0. The second kappa shape index (κ2) is 3.32. The zero-order valence-electron chi connectivity index (χ0n) is 7.42. The van der Waals surface area contributed by atoms with Crippen molar-refractivity contribution in [1.29, 1.82) is 0 Å². The van der Waals surface area contributed by atoms with Gasteiger partial charge in [0.05, 0.1) is 19.3 Å². The van der Waals surface area contributed by atoms with Crippen molar-refractivity contribution in [2.75, 3.05) is 13.2 Å². The number of hydrogen-bond acceptors (Lipinski definition) is 3. The second-order valence-electron chi connectivity index (χ2n) is 3.71. The lowest BCUT2D eigenvalue weighted by molar-refractivity contribution is -0.175. The van der Waals surface area contributed by atoms with Crippen LogP contribution < -0.4 is 5.73 Å². The summed E-state index contributed by atoms with van der Waals surface area (Å²) in [6.45, 7) is 1.43. The summed E-state index contributed by atoms with van der Waals surface area (Å²) in [6.07, 6.45) is 5.69. The van der Waals surface area contributed by atoms with E-state index in [-0.39, 0.29) is 6.04 Å². The average molecular weight is 171 g/mol. The summed E-state index contributed by atoms with van der Waals surface area (Å²) in [6, 6.07) is 0.0856. The lowest BCUT2D eigenvalue weighted by atomic mass is 10.0. The fraction of sp³-hybridized carbons (Fsp3) is 1.00. The van der Waals surface area contributed by atoms with Gasteiger partial charge in [-0.15, -0.1) is 0 Å². The van der Waals surface area contributed by atoms with E-state index in [0.717, 1.165) is 12.8 Å². The Kier molecular flexibility index (Phi) is 2.35. The molecule has 3 nitrogen and oxygen atoms in total. The van der Waals surface area contributed by atoms with Gasteiger partial charge in [-0.3, -0.25) is 0 Å². The third kappa shape index (κ3) is 1.37. The average Bonchev–Trinajstić information content (AvgIpc) is 2.45. The third-order valence-electron chi connectivity index (χ3n) is 2.88. The molecule has 0 aromatic heterocycles. The molecule has 1 saturated carbocycles. The van der Waals surface area contributed by atoms with Gasteiger partial charge in [0.1, 0.15) is 0 Å². The molecule has 2 fully saturated rings. The van der Waals surface area contributed by atoms with Crippen LogP contribution in [0.4, 0.5) is 0 Å². The van der Waals surface area contributed by atoms with Crippen LogP contribution in [0.3, 0.4) is 0 Å². The molecule has 1 aliphatic heterocycles. The van der Waals surface area contributed by atoms with E-state index in [4.69, 9.17) is 15.2 Å². The fourth-order valence-corrected chi connectivity index (χ4v) is 2.15. The van der Waals surface area contributed by atoms with Gasteiger partial charge in [0.25, 0.3) is 0 Å². The van der Waals surface area contributed by atoms with Gasteiger partial charge in [-0.2, -0.15) is 0 Å². The van der Waals surface area contributed by atoms with Crippen molar-refractivity contribution >= 4 is 0 Å². The van der Waals surface area contributed by atoms with Gasteiger partial charge >= 0.3 is 0 Å². The van der Waals surface area contributed by atoms with Crippen LogP contribution in [0.2, 0.25) is 0 Å². The number of hydrogen-bond donors (Lipinski definition) is 1. The second-order valence-corrected chi connectivity index (χ2v) is 3.71. The van der Waals surface area contributed by atoms with E-state index in [0.29, 0.717) is 13.2 Å². The SMILES string of the molecule is NC1CCCCCC12OCCO2. The minimum Gasteiger partial charge on any atom is -0.346 e. The largest absolute Gasteiger partial charge is 0.346 e. The molecule has 1 heterocycles. The fourth-order valence-electron chi connectivity index (χ4n) is 2.15. The van der Waals surface area contributed by atoms with Gasteiger partial charge in [0.2, 0.25) is 0 Å². The van der Waals surface area contributed by atoms with Crippen molar-refractivity contribution in [3.63, 3.8) is 0 Å². The summed E-state index contributed by atoms with van der Waals surface area (Å²) in [5, 5.41) is 0. The zero-order valence-corrected chi connectivity index (χ0v) is 7.42. The molecular weight excluding hydrogens is 154 g/mol. The Morgan fingerprint density at radius 3 is 2.58 bits per heavy atom. The van der Waals surface area contributed by atoms with Gasteiger partial charge in [-0.05, 0) is 12.8 Å². The molecule has 0 bridgehead atoms. The van der Waals surface area contributed by atoms with Gasteiger partial charge < -0.3 is 15.2 Å². The van der Waals surface area contributed by atoms with Crippen molar-refractivity contribution < 1.29 is 9.47 Å². The monoisotopic (exact) mass is 171 g/mol. The molecule has 1 atom stereocenters. The van der Waals surface area contributed by atoms with E-state index in [1.54, 1.807) is 0 Å². The summed E-state index contributed by atoms with van der Waals surface area (Å²) in [7, 11) is 0. The van der Waals surface area contributed by atoms with E-state index < -0.39 is 5.79 Å². The van der Waals surface area contributed by atoms with Crippen molar-refractivity contribution in [3.05, 3.63) is 0 Å². The Hall–Kier alpha value is -0.120. The maximum atomic E-state index is 6.02. The summed E-state index contributed by atoms with van der Waals surface area (Å²) < 4.78 is 11.3. The number of rotatable bonds is 0. The summed E-state index contributed by atoms with van der Waals surface area (Å²) >= 11 is 0. The van der Waals surface area contributed by atoms with E-state index >= 15 is 0 Å². The highest BCUT2D eigenvalue weighted by Crippen LogP contribution is 2.33. The minimum atomic E-state index is -0.406. The standard InChI is InChI=1S/C9H17NO2/c10-8-4-2-1-3-5-9(8)11-6-7-12-9/h8H,1-7,10H2. The summed E-state index contributed by atoms with van der Waals surface area (Å²) in [5.41, 5.74) is 6.02. The highest BCUT2D eigenvalue weighted by atomic mass is 16.7. The van der Waals surface area contributed by atoms with Crippen LogP contribution in [0, 0.1) is 0 Å². The smallest absolute Gasteiger partial charge is 0.183 e. The Morgan fingerprint density at radius 1 is 1.08 bits per heavy atom. The third-order valence-corrected chi connectivity index (χ3v) is 2.88. The topological polar surface area (TPSA) is 44.5 Å². The zero-order chi connectivity index (χ0) is 8.44. The molecule has 0 aromatic rings. The molecular formula is C9H17NO2. The molecule has 12 heavy (non-hydrogen) atoms. The maximum Gasteiger partial charge on any atom is 0.183 e. The van der Waals surface area contributed by atoms with Crippen molar-refractivity contribution in [1.82, 2.24) is 0 Å². The first kappa shape index (κ1) is 8.48. The molecule has 1 spiro atoms. The molecule has 0 amide bonds. The summed E-state index contributed by atoms with van der Waals surface area (Å²) in [5.74, 6) is -0.406. The highest BCUT2D eigenvalue weighted by molar-refractivity contribution is 4.87. The molecule has 70 valence electrons. The first-order chi connectivity index (χ1) is 5.83. The van der Waals surface area contributed by atoms with Crippen molar-refractivity contribution in [3.8, 4) is 0 Å². The Bertz CT molecular complexity index is 155. The normalized spacial score (nSPS) is 35.2. The van der Waals surface area contributed by atoms with Crippen LogP contribution in [-0.4, -0.2) is 25.0 Å². The highest BCUT2D eigenvalue weighted by Gasteiger charge is 2.42. The van der Waals surface area contributed by atoms with E-state index in [1.807, 2.05) is 0 Å². The molecule has 2 aliphatic rings. The van der Waals surface area contributed by atoms with Crippen LogP contribution in [0.5, 0.6) is 0 Å². The number of ether oxygens (including phenoxy) is 2. The van der Waals surface area contributed by atoms with Gasteiger partial charge in [0, 0.05) is 6.42 Å². The van der Waals surface area contributed by atoms with Gasteiger partial charge in [0.15, 0.2) is 5.79 Å². The molecule has 0 radical (unpaired) electrons. The Labute approximate surface area is 73.2 Å². The molecule has 0 aromatic carbocycles. The first-order valence-corrected chi connectivity index (χ1v) is 4.87. The Morgan fingerprint density at radius 2 is 1.83 bits per heavy atom. The van der Waals surface area contributed by atoms with Crippen LogP contribution in [0.25, 0.3) is 0 Å². The molecule has 2 N–H and O–H groups in total. The number of nitrogens with two attached hydrogens (primary N) is 1. The lowest BCUT2D eigenvalue weighted by Crippen LogP contribution is -2.48. The molecule has 1 aliphatic carbocycles. The van der Waals surface area contributed by atoms with Crippen LogP contribution >= 0.6 is 0 Å². The minimum absolute atomic E-state index is 0.0856. The quantitative estimate of drug-likeness (QED) is 0.592. The van der Waals surface area contributed by atoms with E-state index in [2.05, 4.69) is 0 Å². The predicted molar refractivity (Wildman–Crippen MR) is 45.7 cm³/mol. The van der Waals surface area contributed by atoms with Crippen molar-refractivity contribution in [2.45, 2.75) is 43.9 Å². The maximum absolute atomic E-state index is 6.02. The predicted octanol–water partition coefficient (Wildman–Crippen LogP) is 1.02. The van der Waals surface area contributed by atoms with Crippen LogP contribution in [0.1, 0.15) is 32.1 Å². The molecule has 1 saturated heterocycles. The molecule has 2 rings (SSSR count). The molecule has 1 unspecified atom stereocenters. The Balaban J connectivity index is 2.08. The lowest BCUT2D eigenvalue weighted by Gasteiger charge is -2.31. The molecule has 3 heteroatoms. The van der Waals surface area contributed by atoms with Gasteiger partial charge in [-0.1, -0.05) is 12.8 Å². The van der Waals surface area contributed by atoms with Gasteiger partial charge in [-0.25, -0.2) is 0 Å².